The van der Waals surface area contributed by atoms with Gasteiger partial charge in [0.1, 0.15) is 11.7 Å². The van der Waals surface area contributed by atoms with E-state index in [4.69, 9.17) is 4.74 Å². The Hall–Kier alpha value is -1.65. The molecule has 1 N–H and O–H groups in total. The van der Waals surface area contributed by atoms with Gasteiger partial charge >= 0.3 is 6.09 Å². The molecule has 26 heavy (non-hydrogen) atoms. The van der Waals surface area contributed by atoms with Crippen LogP contribution in [0.2, 0.25) is 0 Å². The molecule has 8 nitrogen and oxygen atoms in total. The SMILES string of the molecule is CCc1cc(N(CC)CC)ccc1NC(=O)OCCS(=O)(=O)CS(=O)[O-]. The first-order valence-corrected chi connectivity index (χ1v) is 11.4. The first kappa shape index (κ1) is 22.4. The van der Waals surface area contributed by atoms with Gasteiger partial charge in [-0.15, -0.1) is 0 Å². The highest BCUT2D eigenvalue weighted by Gasteiger charge is 2.14. The zero-order valence-electron chi connectivity index (χ0n) is 15.2. The highest BCUT2D eigenvalue weighted by molar-refractivity contribution is 8.03. The molecule has 0 aromatic heterocycles. The summed E-state index contributed by atoms with van der Waals surface area (Å²) in [6, 6.07) is 5.68. The van der Waals surface area contributed by atoms with Gasteiger partial charge in [-0.2, -0.15) is 0 Å². The van der Waals surface area contributed by atoms with Crippen LogP contribution in [0.4, 0.5) is 16.2 Å². The monoisotopic (exact) mass is 405 g/mol. The van der Waals surface area contributed by atoms with Crippen molar-refractivity contribution in [1.82, 2.24) is 0 Å². The van der Waals surface area contributed by atoms with Gasteiger partial charge in [-0.1, -0.05) is 6.92 Å². The molecule has 0 radical (unpaired) electrons. The molecular weight excluding hydrogens is 380 g/mol. The van der Waals surface area contributed by atoms with Gasteiger partial charge in [0.15, 0.2) is 9.84 Å². The highest BCUT2D eigenvalue weighted by atomic mass is 32.3. The molecule has 1 aromatic carbocycles. The van der Waals surface area contributed by atoms with Crippen LogP contribution in [0.5, 0.6) is 0 Å². The van der Waals surface area contributed by atoms with E-state index >= 15 is 0 Å². The second kappa shape index (κ2) is 10.5. The summed E-state index contributed by atoms with van der Waals surface area (Å²) in [7, 11) is -3.81. The average molecular weight is 406 g/mol. The Morgan fingerprint density at radius 3 is 2.46 bits per heavy atom. The van der Waals surface area contributed by atoms with E-state index < -0.39 is 44.5 Å². The fourth-order valence-electron chi connectivity index (χ4n) is 2.39. The van der Waals surface area contributed by atoms with Crippen molar-refractivity contribution in [2.24, 2.45) is 0 Å². The molecule has 0 spiro atoms. The lowest BCUT2D eigenvalue weighted by Crippen LogP contribution is -2.23. The van der Waals surface area contributed by atoms with Gasteiger partial charge in [0.25, 0.3) is 0 Å². The maximum absolute atomic E-state index is 11.9. The topological polar surface area (TPSA) is 116 Å². The summed E-state index contributed by atoms with van der Waals surface area (Å²) in [6.45, 7) is 7.43. The zero-order valence-corrected chi connectivity index (χ0v) is 16.8. The summed E-state index contributed by atoms with van der Waals surface area (Å²) in [4.78, 5) is 14.0. The standard InChI is InChI=1S/C16H26N2O6S2/c1-4-13-11-14(18(5-2)6-3)7-8-15(13)17-16(19)24-9-10-26(22,23)12-25(20)21/h7-8,11H,4-6,9-10,12H2,1-3H3,(H,17,19)(H,20,21)/p-1. The Labute approximate surface area is 157 Å². The van der Waals surface area contributed by atoms with Crippen molar-refractivity contribution in [2.45, 2.75) is 27.2 Å². The molecule has 1 amide bonds. The number of benzene rings is 1. The lowest BCUT2D eigenvalue weighted by Gasteiger charge is -2.22. The highest BCUT2D eigenvalue weighted by Crippen LogP contribution is 2.24. The van der Waals surface area contributed by atoms with E-state index in [0.29, 0.717) is 12.1 Å². The lowest BCUT2D eigenvalue weighted by molar-refractivity contribution is 0.168. The number of carbonyl (C=O) groups is 1. The molecule has 1 unspecified atom stereocenters. The van der Waals surface area contributed by atoms with E-state index in [1.54, 1.807) is 6.07 Å². The Morgan fingerprint density at radius 2 is 1.92 bits per heavy atom. The number of ether oxygens (including phenoxy) is 1. The molecule has 0 saturated carbocycles. The summed E-state index contributed by atoms with van der Waals surface area (Å²) in [6.07, 6.45) is -0.0808. The van der Waals surface area contributed by atoms with E-state index in [2.05, 4.69) is 24.1 Å². The number of rotatable bonds is 10. The lowest BCUT2D eigenvalue weighted by atomic mass is 10.1. The minimum Gasteiger partial charge on any atom is -0.772 e. The van der Waals surface area contributed by atoms with Crippen molar-refractivity contribution in [1.29, 1.82) is 0 Å². The van der Waals surface area contributed by atoms with Crippen LogP contribution >= 0.6 is 0 Å². The third-order valence-corrected chi connectivity index (χ3v) is 6.73. The van der Waals surface area contributed by atoms with Gasteiger partial charge in [0.2, 0.25) is 0 Å². The van der Waals surface area contributed by atoms with E-state index in [-0.39, 0.29) is 0 Å². The minimum atomic E-state index is -3.81. The molecule has 0 heterocycles. The van der Waals surface area contributed by atoms with Gasteiger partial charge in [0, 0.05) is 24.5 Å². The van der Waals surface area contributed by atoms with E-state index in [0.717, 1.165) is 24.3 Å². The van der Waals surface area contributed by atoms with Crippen LogP contribution in [0.25, 0.3) is 0 Å². The fourth-order valence-corrected chi connectivity index (χ4v) is 4.37. The van der Waals surface area contributed by atoms with Crippen molar-refractivity contribution >= 4 is 38.4 Å². The number of hydrogen-bond acceptors (Lipinski definition) is 7. The maximum Gasteiger partial charge on any atom is 0.411 e. The smallest absolute Gasteiger partial charge is 0.411 e. The zero-order chi connectivity index (χ0) is 19.7. The van der Waals surface area contributed by atoms with Crippen LogP contribution in [-0.2, 0) is 32.1 Å². The molecule has 0 aliphatic rings. The summed E-state index contributed by atoms with van der Waals surface area (Å²) >= 11 is -2.69. The third kappa shape index (κ3) is 7.30. The number of anilines is 2. The number of carbonyl (C=O) groups excluding carboxylic acids is 1. The van der Waals surface area contributed by atoms with Crippen LogP contribution < -0.4 is 10.2 Å². The van der Waals surface area contributed by atoms with Crippen LogP contribution in [0.3, 0.4) is 0 Å². The van der Waals surface area contributed by atoms with Gasteiger partial charge in [-0.3, -0.25) is 9.53 Å². The molecule has 1 atom stereocenters. The second-order valence-corrected chi connectivity index (χ2v) is 8.94. The summed E-state index contributed by atoms with van der Waals surface area (Å²) < 4.78 is 48.6. The predicted molar refractivity (Wildman–Crippen MR) is 102 cm³/mol. The maximum atomic E-state index is 11.9. The number of nitrogens with one attached hydrogen (secondary N) is 1. The summed E-state index contributed by atoms with van der Waals surface area (Å²) in [5.74, 6) is -0.546. The Morgan fingerprint density at radius 1 is 1.27 bits per heavy atom. The minimum absolute atomic E-state index is 0.412. The second-order valence-electron chi connectivity index (χ2n) is 5.50. The first-order chi connectivity index (χ1) is 12.2. The van der Waals surface area contributed by atoms with Crippen molar-refractivity contribution in [3.05, 3.63) is 23.8 Å². The molecular formula is C16H25N2O6S2-. The molecule has 0 saturated heterocycles. The predicted octanol–water partition coefficient (Wildman–Crippen LogP) is 1.90. The van der Waals surface area contributed by atoms with Crippen molar-refractivity contribution in [3.8, 4) is 0 Å². The number of amides is 1. The normalized spacial score (nSPS) is 12.5. The van der Waals surface area contributed by atoms with Crippen molar-refractivity contribution < 1.29 is 26.7 Å². The van der Waals surface area contributed by atoms with E-state index in [9.17, 15) is 22.0 Å². The van der Waals surface area contributed by atoms with E-state index in [1.807, 2.05) is 19.1 Å². The van der Waals surface area contributed by atoms with Crippen LogP contribution in [0.15, 0.2) is 18.2 Å². The molecule has 0 aliphatic heterocycles. The Kier molecular flexibility index (Phi) is 9.03. The number of nitrogens with zero attached hydrogens (tertiary/aromatic N) is 1. The van der Waals surface area contributed by atoms with Gasteiger partial charge < -0.3 is 14.2 Å². The average Bonchev–Trinajstić information content (AvgIpc) is 2.55. The fraction of sp³-hybridized carbons (Fsp3) is 0.562. The van der Waals surface area contributed by atoms with Gasteiger partial charge in [-0.25, -0.2) is 13.2 Å². The number of aryl methyl sites for hydroxylation is 1. The van der Waals surface area contributed by atoms with Crippen LogP contribution in [0.1, 0.15) is 26.3 Å². The molecule has 0 fully saturated rings. The van der Waals surface area contributed by atoms with E-state index in [1.165, 1.54) is 0 Å². The van der Waals surface area contributed by atoms with Crippen molar-refractivity contribution in [2.75, 3.05) is 40.8 Å². The number of sulfone groups is 1. The molecule has 0 aliphatic carbocycles. The summed E-state index contributed by atoms with van der Waals surface area (Å²) in [5, 5.41) is 1.61. The summed E-state index contributed by atoms with van der Waals surface area (Å²) in [5.41, 5.74) is 2.58. The molecule has 10 heteroatoms. The van der Waals surface area contributed by atoms with Crippen LogP contribution in [0, 0.1) is 0 Å². The largest absolute Gasteiger partial charge is 0.772 e. The van der Waals surface area contributed by atoms with Gasteiger partial charge in [0.05, 0.1) is 5.75 Å². The molecule has 1 rings (SSSR count). The molecule has 148 valence electrons. The Bertz CT molecular complexity index is 732. The van der Waals surface area contributed by atoms with Crippen molar-refractivity contribution in [3.63, 3.8) is 0 Å². The number of hydrogen-bond donors (Lipinski definition) is 1. The molecule has 1 aromatic rings. The van der Waals surface area contributed by atoms with Gasteiger partial charge in [-0.05, 0) is 55.1 Å². The third-order valence-electron chi connectivity index (χ3n) is 3.74. The quantitative estimate of drug-likeness (QED) is 0.591. The first-order valence-electron chi connectivity index (χ1n) is 8.30. The van der Waals surface area contributed by atoms with Crippen LogP contribution in [-0.4, -0.2) is 53.8 Å². The Balaban J connectivity index is 2.67. The molecule has 0 bridgehead atoms.